The Morgan fingerprint density at radius 1 is 1.21 bits per heavy atom. The first kappa shape index (κ1) is 18.9. The Morgan fingerprint density at radius 2 is 2.00 bits per heavy atom. The van der Waals surface area contributed by atoms with Crippen molar-refractivity contribution in [3.05, 3.63) is 54.6 Å². The normalized spacial score (nSPS) is 10.9. The van der Waals surface area contributed by atoms with Gasteiger partial charge in [0.25, 0.3) is 0 Å². The lowest BCUT2D eigenvalue weighted by Gasteiger charge is -2.07. The topological polar surface area (TPSA) is 111 Å². The average Bonchev–Trinajstić information content (AvgIpc) is 3.31. The summed E-state index contributed by atoms with van der Waals surface area (Å²) in [6.07, 6.45) is 0. The molecule has 2 heterocycles. The second kappa shape index (κ2) is 8.27. The molecule has 8 nitrogen and oxygen atoms in total. The molecule has 0 fully saturated rings. The molecule has 4 aromatic rings. The number of hydrogen-bond acceptors (Lipinski definition) is 6. The van der Waals surface area contributed by atoms with Crippen LogP contribution in [0.5, 0.6) is 5.75 Å². The highest BCUT2D eigenvalue weighted by molar-refractivity contribution is 7.99. The number of rotatable bonds is 7. The summed E-state index contributed by atoms with van der Waals surface area (Å²) in [5.74, 6) is 7.42. The van der Waals surface area contributed by atoms with Crippen LogP contribution in [0.15, 0.2) is 59.8 Å². The largest absolute Gasteiger partial charge is 0.494 e. The smallest absolute Gasteiger partial charge is 0.234 e. The molecule has 0 saturated carbocycles. The van der Waals surface area contributed by atoms with Crippen molar-refractivity contribution >= 4 is 34.3 Å². The zero-order valence-corrected chi connectivity index (χ0v) is 16.6. The minimum absolute atomic E-state index is 0.158. The van der Waals surface area contributed by atoms with Crippen molar-refractivity contribution in [1.29, 1.82) is 0 Å². The van der Waals surface area contributed by atoms with E-state index in [0.717, 1.165) is 22.3 Å². The average molecular weight is 408 g/mol. The van der Waals surface area contributed by atoms with Gasteiger partial charge in [0.15, 0.2) is 5.82 Å². The molecule has 0 unspecified atom stereocenters. The Labute approximate surface area is 171 Å². The van der Waals surface area contributed by atoms with Crippen molar-refractivity contribution in [3.8, 4) is 17.3 Å². The summed E-state index contributed by atoms with van der Waals surface area (Å²) in [4.78, 5) is 15.5. The summed E-state index contributed by atoms with van der Waals surface area (Å²) >= 11 is 1.22. The van der Waals surface area contributed by atoms with Crippen LogP contribution in [-0.2, 0) is 4.79 Å². The van der Waals surface area contributed by atoms with Gasteiger partial charge < -0.3 is 20.9 Å². The number of aromatic nitrogens is 4. The van der Waals surface area contributed by atoms with Crippen LogP contribution in [0.2, 0.25) is 0 Å². The highest BCUT2D eigenvalue weighted by Crippen LogP contribution is 2.25. The van der Waals surface area contributed by atoms with E-state index >= 15 is 0 Å². The third-order valence-electron chi connectivity index (χ3n) is 4.22. The van der Waals surface area contributed by atoms with E-state index in [9.17, 15) is 4.79 Å². The maximum atomic E-state index is 12.2. The second-order valence-corrected chi connectivity index (χ2v) is 7.18. The second-order valence-electron chi connectivity index (χ2n) is 6.24. The molecule has 0 saturated heterocycles. The van der Waals surface area contributed by atoms with Gasteiger partial charge in [-0.2, -0.15) is 0 Å². The van der Waals surface area contributed by atoms with Gasteiger partial charge in [-0.1, -0.05) is 30.0 Å². The summed E-state index contributed by atoms with van der Waals surface area (Å²) in [6.45, 7) is 2.52. The monoisotopic (exact) mass is 408 g/mol. The molecule has 2 aromatic carbocycles. The number of hydrogen-bond donors (Lipinski definition) is 3. The predicted molar refractivity (Wildman–Crippen MR) is 114 cm³/mol. The van der Waals surface area contributed by atoms with Crippen LogP contribution < -0.4 is 15.9 Å². The number of anilines is 1. The molecule has 2 aromatic heterocycles. The number of nitrogens with zero attached hydrogens (tertiary/aromatic N) is 3. The number of carbonyl (C=O) groups excluding carboxylic acids is 1. The number of para-hydroxylation sites is 1. The number of nitrogens with one attached hydrogen (secondary N) is 2. The number of benzene rings is 2. The fraction of sp³-hybridized carbons (Fsp3) is 0.150. The number of nitrogen functional groups attached to an aromatic ring is 1. The van der Waals surface area contributed by atoms with E-state index < -0.39 is 0 Å². The number of nitrogens with two attached hydrogens (primary N) is 1. The first-order valence-electron chi connectivity index (χ1n) is 9.08. The first-order valence-corrected chi connectivity index (χ1v) is 10.1. The van der Waals surface area contributed by atoms with E-state index in [-0.39, 0.29) is 11.7 Å². The maximum absolute atomic E-state index is 12.2. The quantitative estimate of drug-likeness (QED) is 0.320. The van der Waals surface area contributed by atoms with Crippen LogP contribution >= 0.6 is 11.8 Å². The van der Waals surface area contributed by atoms with Crippen LogP contribution in [0, 0.1) is 0 Å². The Hall–Kier alpha value is -3.46. The predicted octanol–water partition coefficient (Wildman–Crippen LogP) is 3.27. The van der Waals surface area contributed by atoms with Gasteiger partial charge >= 0.3 is 0 Å². The number of amides is 1. The van der Waals surface area contributed by atoms with Crippen molar-refractivity contribution in [2.75, 3.05) is 23.5 Å². The third-order valence-corrected chi connectivity index (χ3v) is 5.16. The zero-order valence-electron chi connectivity index (χ0n) is 15.8. The molecule has 29 heavy (non-hydrogen) atoms. The molecule has 4 N–H and O–H groups in total. The van der Waals surface area contributed by atoms with Gasteiger partial charge in [-0.25, -0.2) is 4.68 Å². The summed E-state index contributed by atoms with van der Waals surface area (Å²) in [7, 11) is 0. The molecular weight excluding hydrogens is 388 g/mol. The lowest BCUT2D eigenvalue weighted by Crippen LogP contribution is -2.16. The molecule has 0 radical (unpaired) electrons. The van der Waals surface area contributed by atoms with E-state index in [1.165, 1.54) is 16.4 Å². The number of H-pyrrole nitrogens is 1. The summed E-state index contributed by atoms with van der Waals surface area (Å²) in [6, 6.07) is 17.1. The standard InChI is InChI=1S/C20H20N6O2S/c1-2-28-15-9-7-14(8-10-15)22-18(27)12-29-20-25-24-19(26(20)21)17-11-13-5-3-4-6-16(13)23-17/h3-11,23H,2,12,21H2,1H3,(H,22,27). The number of ether oxygens (including phenoxy) is 1. The lowest BCUT2D eigenvalue weighted by atomic mass is 10.2. The zero-order chi connectivity index (χ0) is 20.2. The molecule has 0 spiro atoms. The van der Waals surface area contributed by atoms with Gasteiger partial charge in [0.1, 0.15) is 5.75 Å². The molecule has 0 atom stereocenters. The van der Waals surface area contributed by atoms with Gasteiger partial charge in [-0.3, -0.25) is 4.79 Å². The minimum Gasteiger partial charge on any atom is -0.494 e. The molecule has 0 aliphatic heterocycles. The van der Waals surface area contributed by atoms with Gasteiger partial charge in [0.05, 0.1) is 18.1 Å². The molecule has 9 heteroatoms. The molecule has 0 bridgehead atoms. The van der Waals surface area contributed by atoms with E-state index in [1.807, 2.05) is 49.4 Å². The van der Waals surface area contributed by atoms with Crippen LogP contribution in [0.25, 0.3) is 22.4 Å². The Balaban J connectivity index is 1.39. The van der Waals surface area contributed by atoms with E-state index in [2.05, 4.69) is 20.5 Å². The van der Waals surface area contributed by atoms with Crippen molar-refractivity contribution < 1.29 is 9.53 Å². The van der Waals surface area contributed by atoms with E-state index in [0.29, 0.717) is 23.3 Å². The van der Waals surface area contributed by atoms with Crippen LogP contribution in [0.3, 0.4) is 0 Å². The van der Waals surface area contributed by atoms with Crippen molar-refractivity contribution in [2.24, 2.45) is 0 Å². The van der Waals surface area contributed by atoms with Gasteiger partial charge in [0, 0.05) is 16.6 Å². The Bertz CT molecular complexity index is 1100. The number of fused-ring (bicyclic) bond motifs is 1. The van der Waals surface area contributed by atoms with Crippen molar-refractivity contribution in [2.45, 2.75) is 12.1 Å². The molecule has 4 rings (SSSR count). The minimum atomic E-state index is -0.158. The van der Waals surface area contributed by atoms with Gasteiger partial charge in [-0.15, -0.1) is 10.2 Å². The van der Waals surface area contributed by atoms with E-state index in [1.54, 1.807) is 12.1 Å². The number of thioether (sulfide) groups is 1. The van der Waals surface area contributed by atoms with Gasteiger partial charge in [0.2, 0.25) is 11.1 Å². The Kier molecular flexibility index (Phi) is 5.39. The molecule has 0 aliphatic carbocycles. The highest BCUT2D eigenvalue weighted by atomic mass is 32.2. The summed E-state index contributed by atoms with van der Waals surface area (Å²) < 4.78 is 6.78. The van der Waals surface area contributed by atoms with E-state index in [4.69, 9.17) is 10.6 Å². The molecular formula is C20H20N6O2S. The van der Waals surface area contributed by atoms with Crippen LogP contribution in [0.4, 0.5) is 5.69 Å². The molecule has 0 aliphatic rings. The van der Waals surface area contributed by atoms with Crippen LogP contribution in [0.1, 0.15) is 6.92 Å². The molecule has 1 amide bonds. The third kappa shape index (κ3) is 4.19. The SMILES string of the molecule is CCOc1ccc(NC(=O)CSc2nnc(-c3cc4ccccc4[nH]3)n2N)cc1. The first-order chi connectivity index (χ1) is 14.1. The van der Waals surface area contributed by atoms with Crippen molar-refractivity contribution in [3.63, 3.8) is 0 Å². The highest BCUT2D eigenvalue weighted by Gasteiger charge is 2.15. The maximum Gasteiger partial charge on any atom is 0.234 e. The fourth-order valence-electron chi connectivity index (χ4n) is 2.88. The number of aromatic amines is 1. The summed E-state index contributed by atoms with van der Waals surface area (Å²) in [5, 5.41) is 12.6. The van der Waals surface area contributed by atoms with Gasteiger partial charge in [-0.05, 0) is 43.3 Å². The fourth-order valence-corrected chi connectivity index (χ4v) is 3.54. The lowest BCUT2D eigenvalue weighted by molar-refractivity contribution is -0.113. The Morgan fingerprint density at radius 3 is 2.76 bits per heavy atom. The number of carbonyl (C=O) groups is 1. The summed E-state index contributed by atoms with van der Waals surface area (Å²) in [5.41, 5.74) is 2.47. The van der Waals surface area contributed by atoms with Crippen LogP contribution in [-0.4, -0.2) is 38.1 Å². The van der Waals surface area contributed by atoms with Crippen molar-refractivity contribution in [1.82, 2.24) is 19.9 Å². The molecule has 148 valence electrons.